The van der Waals surface area contributed by atoms with E-state index in [1.54, 1.807) is 0 Å². The van der Waals surface area contributed by atoms with Gasteiger partial charge in [0.2, 0.25) is 0 Å². The number of carbonyl (C=O) groups is 1. The molecule has 0 amide bonds. The molecule has 2 heteroatoms. The lowest BCUT2D eigenvalue weighted by Crippen LogP contribution is -2.17. The first kappa shape index (κ1) is 26.7. The number of anilines is 3. The standard InChI is InChI=1S/C41H33NO/c1-5-6-15-32-27(2)41(3,4)37-26-31(24-25-34(32)37)42(30-22-20-29(21-23-30)28-13-8-7-9-14-28)38-19-12-18-35-33-16-10-11-17-36(33)40(43)39(35)38/h5-26H,2H2,1,3-4H3. The first-order chi connectivity index (χ1) is 20.9. The number of nitrogens with zero attached hydrogens (tertiary/aromatic N) is 1. The number of fused-ring (bicyclic) bond motifs is 4. The maximum atomic E-state index is 13.9. The van der Waals surface area contributed by atoms with E-state index in [1.807, 2.05) is 43.3 Å². The van der Waals surface area contributed by atoms with E-state index in [0.717, 1.165) is 50.5 Å². The van der Waals surface area contributed by atoms with Gasteiger partial charge in [-0.15, -0.1) is 0 Å². The number of benzene rings is 5. The predicted octanol–water partition coefficient (Wildman–Crippen LogP) is 10.8. The second-order valence-corrected chi connectivity index (χ2v) is 11.8. The number of allylic oxidation sites excluding steroid dienone is 5. The van der Waals surface area contributed by atoms with Crippen LogP contribution in [0.5, 0.6) is 0 Å². The summed E-state index contributed by atoms with van der Waals surface area (Å²) in [7, 11) is 0. The van der Waals surface area contributed by atoms with Crippen LogP contribution in [0.3, 0.4) is 0 Å². The lowest BCUT2D eigenvalue weighted by atomic mass is 9.83. The molecule has 0 saturated carbocycles. The molecule has 208 valence electrons. The van der Waals surface area contributed by atoms with Gasteiger partial charge in [-0.1, -0.05) is 124 Å². The number of ketones is 1. The van der Waals surface area contributed by atoms with Crippen molar-refractivity contribution in [2.45, 2.75) is 26.2 Å². The Kier molecular flexibility index (Phi) is 6.36. The number of rotatable bonds is 5. The van der Waals surface area contributed by atoms with Gasteiger partial charge >= 0.3 is 0 Å². The molecule has 2 aliphatic rings. The first-order valence-electron chi connectivity index (χ1n) is 14.8. The molecule has 2 aliphatic carbocycles. The third-order valence-corrected chi connectivity index (χ3v) is 8.96. The topological polar surface area (TPSA) is 20.3 Å². The molecule has 7 rings (SSSR count). The molecule has 0 aliphatic heterocycles. The summed E-state index contributed by atoms with van der Waals surface area (Å²) in [5.41, 5.74) is 13.2. The Bertz CT molecular complexity index is 1970. The van der Waals surface area contributed by atoms with E-state index in [1.165, 1.54) is 22.3 Å². The van der Waals surface area contributed by atoms with Gasteiger partial charge in [0.05, 0.1) is 11.3 Å². The summed E-state index contributed by atoms with van der Waals surface area (Å²) in [6.45, 7) is 11.0. The Hall–Kier alpha value is -5.21. The van der Waals surface area contributed by atoms with Crippen molar-refractivity contribution in [3.63, 3.8) is 0 Å². The summed E-state index contributed by atoms with van der Waals surface area (Å²) >= 11 is 0. The van der Waals surface area contributed by atoms with Crippen LogP contribution in [0.4, 0.5) is 17.1 Å². The highest BCUT2D eigenvalue weighted by Crippen LogP contribution is 2.52. The normalized spacial score (nSPS) is 15.6. The van der Waals surface area contributed by atoms with Gasteiger partial charge in [-0.3, -0.25) is 4.79 Å². The third kappa shape index (κ3) is 4.21. The third-order valence-electron chi connectivity index (χ3n) is 8.96. The minimum Gasteiger partial charge on any atom is -0.310 e. The smallest absolute Gasteiger partial charge is 0.196 e. The number of hydrogen-bond donors (Lipinski definition) is 0. The van der Waals surface area contributed by atoms with Crippen molar-refractivity contribution in [2.24, 2.45) is 0 Å². The molecule has 0 aromatic heterocycles. The van der Waals surface area contributed by atoms with Crippen molar-refractivity contribution in [1.82, 2.24) is 0 Å². The van der Waals surface area contributed by atoms with E-state index in [9.17, 15) is 4.79 Å². The van der Waals surface area contributed by atoms with Crippen molar-refractivity contribution in [2.75, 3.05) is 4.90 Å². The summed E-state index contributed by atoms with van der Waals surface area (Å²) < 4.78 is 0. The van der Waals surface area contributed by atoms with Crippen molar-refractivity contribution in [3.05, 3.63) is 168 Å². The fourth-order valence-corrected chi connectivity index (χ4v) is 6.57. The van der Waals surface area contributed by atoms with E-state index >= 15 is 0 Å². The van der Waals surface area contributed by atoms with Crippen molar-refractivity contribution in [1.29, 1.82) is 0 Å². The maximum Gasteiger partial charge on any atom is 0.196 e. The Morgan fingerprint density at radius 2 is 1.33 bits per heavy atom. The molecule has 0 unspecified atom stereocenters. The van der Waals surface area contributed by atoms with Crippen molar-refractivity contribution >= 4 is 28.4 Å². The van der Waals surface area contributed by atoms with Gasteiger partial charge in [-0.25, -0.2) is 0 Å². The fourth-order valence-electron chi connectivity index (χ4n) is 6.57. The summed E-state index contributed by atoms with van der Waals surface area (Å²) in [5.74, 6) is 0.0681. The van der Waals surface area contributed by atoms with E-state index in [2.05, 4.69) is 122 Å². The quantitative estimate of drug-likeness (QED) is 0.211. The zero-order valence-corrected chi connectivity index (χ0v) is 24.8. The van der Waals surface area contributed by atoms with Gasteiger partial charge in [0, 0.05) is 22.4 Å². The molecule has 0 saturated heterocycles. The SMILES string of the molecule is C=C1C(=CC=CC)c2ccc(N(c3ccc(-c4ccccc4)cc3)c3cccc4c3C(=O)c3ccccc3-4)cc2C1(C)C. The molecule has 0 N–H and O–H groups in total. The maximum absolute atomic E-state index is 13.9. The summed E-state index contributed by atoms with van der Waals surface area (Å²) in [5, 5.41) is 0. The molecule has 0 spiro atoms. The van der Waals surface area contributed by atoms with E-state index in [0.29, 0.717) is 0 Å². The molecule has 0 fully saturated rings. The van der Waals surface area contributed by atoms with Crippen LogP contribution in [0.2, 0.25) is 0 Å². The van der Waals surface area contributed by atoms with Gasteiger partial charge < -0.3 is 4.90 Å². The van der Waals surface area contributed by atoms with Crippen LogP contribution in [0.1, 0.15) is 47.8 Å². The monoisotopic (exact) mass is 555 g/mol. The minimum atomic E-state index is -0.230. The second kappa shape index (κ2) is 10.3. The molecule has 0 bridgehead atoms. The zero-order chi connectivity index (χ0) is 29.7. The molecule has 2 nitrogen and oxygen atoms in total. The van der Waals surface area contributed by atoms with Crippen LogP contribution in [-0.2, 0) is 5.41 Å². The molecule has 43 heavy (non-hydrogen) atoms. The fraction of sp³-hybridized carbons (Fsp3) is 0.0976. The highest BCUT2D eigenvalue weighted by atomic mass is 16.1. The average Bonchev–Trinajstić information content (AvgIpc) is 3.44. The largest absolute Gasteiger partial charge is 0.310 e. The summed E-state index contributed by atoms with van der Waals surface area (Å²) in [4.78, 5) is 16.2. The van der Waals surface area contributed by atoms with Crippen LogP contribution >= 0.6 is 0 Å². The Morgan fingerprint density at radius 3 is 2.07 bits per heavy atom. The average molecular weight is 556 g/mol. The van der Waals surface area contributed by atoms with Crippen LogP contribution < -0.4 is 4.90 Å². The molecule has 0 atom stereocenters. The molecular weight excluding hydrogens is 522 g/mol. The van der Waals surface area contributed by atoms with Gasteiger partial charge in [-0.05, 0) is 81.8 Å². The Balaban J connectivity index is 1.43. The molecule has 5 aromatic rings. The van der Waals surface area contributed by atoms with Crippen LogP contribution in [-0.4, -0.2) is 5.78 Å². The summed E-state index contributed by atoms with van der Waals surface area (Å²) in [6.07, 6.45) is 6.29. The van der Waals surface area contributed by atoms with Gasteiger partial charge in [-0.2, -0.15) is 0 Å². The van der Waals surface area contributed by atoms with Crippen molar-refractivity contribution < 1.29 is 4.79 Å². The van der Waals surface area contributed by atoms with E-state index in [4.69, 9.17) is 0 Å². The Morgan fingerprint density at radius 1 is 0.674 bits per heavy atom. The van der Waals surface area contributed by atoms with Gasteiger partial charge in [0.25, 0.3) is 0 Å². The lowest BCUT2D eigenvalue weighted by Gasteiger charge is -2.29. The van der Waals surface area contributed by atoms with E-state index in [-0.39, 0.29) is 11.2 Å². The molecule has 0 radical (unpaired) electrons. The molecular formula is C41H33NO. The zero-order valence-electron chi connectivity index (χ0n) is 24.8. The molecule has 5 aromatic carbocycles. The van der Waals surface area contributed by atoms with Crippen LogP contribution in [0, 0.1) is 0 Å². The van der Waals surface area contributed by atoms with E-state index < -0.39 is 0 Å². The highest BCUT2D eigenvalue weighted by molar-refractivity contribution is 6.25. The number of hydrogen-bond acceptors (Lipinski definition) is 2. The first-order valence-corrected chi connectivity index (χ1v) is 14.8. The highest BCUT2D eigenvalue weighted by Gasteiger charge is 2.38. The lowest BCUT2D eigenvalue weighted by molar-refractivity contribution is 0.104. The second-order valence-electron chi connectivity index (χ2n) is 11.8. The van der Waals surface area contributed by atoms with Crippen LogP contribution in [0.15, 0.2) is 146 Å². The predicted molar refractivity (Wildman–Crippen MR) is 180 cm³/mol. The van der Waals surface area contributed by atoms with Crippen molar-refractivity contribution in [3.8, 4) is 22.3 Å². The van der Waals surface area contributed by atoms with Gasteiger partial charge in [0.1, 0.15) is 0 Å². The minimum absolute atomic E-state index is 0.0681. The van der Waals surface area contributed by atoms with Crippen LogP contribution in [0.25, 0.3) is 27.8 Å². The van der Waals surface area contributed by atoms with Gasteiger partial charge in [0.15, 0.2) is 5.78 Å². The Labute approximate surface area is 254 Å². The molecule has 0 heterocycles. The number of carbonyl (C=O) groups excluding carboxylic acids is 1. The summed E-state index contributed by atoms with van der Waals surface area (Å²) in [6, 6.07) is 39.8.